The highest BCUT2D eigenvalue weighted by molar-refractivity contribution is 6.23. The summed E-state index contributed by atoms with van der Waals surface area (Å²) in [6.07, 6.45) is 1.94. The highest BCUT2D eigenvalue weighted by Gasteiger charge is 2.20. The summed E-state index contributed by atoms with van der Waals surface area (Å²) < 4.78 is 2.36. The van der Waals surface area contributed by atoms with Crippen LogP contribution in [0.2, 0.25) is 0 Å². The highest BCUT2D eigenvalue weighted by Crippen LogP contribution is 2.43. The van der Waals surface area contributed by atoms with Gasteiger partial charge in [0.25, 0.3) is 0 Å². The number of fused-ring (bicyclic) bond motifs is 10. The van der Waals surface area contributed by atoms with Crippen LogP contribution in [0.1, 0.15) is 0 Å². The topological polar surface area (TPSA) is 34.0 Å². The number of anilines is 3. The van der Waals surface area contributed by atoms with Crippen LogP contribution in [0.25, 0.3) is 93.2 Å². The molecule has 4 nitrogen and oxygen atoms in total. The molecule has 0 aliphatic carbocycles. The summed E-state index contributed by atoms with van der Waals surface area (Å²) >= 11 is 0. The van der Waals surface area contributed by atoms with Crippen molar-refractivity contribution in [1.29, 1.82) is 0 Å². The Hall–Kier alpha value is -8.08. The van der Waals surface area contributed by atoms with E-state index < -0.39 is 0 Å². The van der Waals surface area contributed by atoms with E-state index in [-0.39, 0.29) is 0 Å². The van der Waals surface area contributed by atoms with Crippen molar-refractivity contribution in [1.82, 2.24) is 14.5 Å². The second-order valence-corrected chi connectivity index (χ2v) is 15.4. The van der Waals surface area contributed by atoms with Gasteiger partial charge in [-0.2, -0.15) is 0 Å². The van der Waals surface area contributed by atoms with E-state index in [1.165, 1.54) is 43.7 Å². The molecule has 0 unspecified atom stereocenters. The normalized spacial score (nSPS) is 11.7. The Labute approximate surface area is 346 Å². The molecule has 0 amide bonds. The Kier molecular flexibility index (Phi) is 7.82. The van der Waals surface area contributed by atoms with E-state index in [4.69, 9.17) is 9.97 Å². The smallest absolute Gasteiger partial charge is 0.0979 e. The zero-order valence-electron chi connectivity index (χ0n) is 32.6. The lowest BCUT2D eigenvalue weighted by Crippen LogP contribution is -2.10. The molecule has 0 atom stereocenters. The minimum Gasteiger partial charge on any atom is -0.310 e. The molecule has 0 aliphatic rings. The summed E-state index contributed by atoms with van der Waals surface area (Å²) in [5.41, 5.74) is 12.9. The third kappa shape index (κ3) is 5.39. The molecule has 2 heterocycles. The molecule has 12 aromatic rings. The molecular weight excluding hydrogens is 729 g/mol. The molecule has 0 saturated carbocycles. The SMILES string of the molecule is c1ccc(N(c2ccc(-c3ccc4c(c3)c3ccccc3n4-c3ccccc3)cc2)c2ccc(-c3cnc4c5ccccc5c5ccccc5c4n3)c3ccccc23)cc1. The molecule has 10 aromatic carbocycles. The van der Waals surface area contributed by atoms with Gasteiger partial charge in [0.15, 0.2) is 0 Å². The standard InChI is InChI=1S/C56H36N4/c1-3-15-39(16-4-1)59(41-30-27-37(28-31-41)38-29-33-54-50(35-38)47-23-13-14-26-52(47)60(54)40-17-5-2-6-18-40)53-34-32-45(44-21-7-10-22-46(44)53)51-36-57-55-48-24-11-8-19-42(48)43-20-9-12-25-49(43)56(55)58-51/h1-36H. The van der Waals surface area contributed by atoms with Crippen LogP contribution < -0.4 is 4.90 Å². The monoisotopic (exact) mass is 764 g/mol. The summed E-state index contributed by atoms with van der Waals surface area (Å²) in [6.45, 7) is 0. The Morgan fingerprint density at radius 1 is 0.367 bits per heavy atom. The summed E-state index contributed by atoms with van der Waals surface area (Å²) in [5, 5.41) is 9.35. The predicted octanol–water partition coefficient (Wildman–Crippen LogP) is 15.0. The van der Waals surface area contributed by atoms with Gasteiger partial charge in [-0.1, -0.05) is 152 Å². The van der Waals surface area contributed by atoms with E-state index in [0.29, 0.717) is 0 Å². The fourth-order valence-corrected chi connectivity index (χ4v) is 9.27. The number of rotatable bonds is 6. The van der Waals surface area contributed by atoms with Crippen molar-refractivity contribution >= 4 is 82.2 Å². The van der Waals surface area contributed by atoms with E-state index in [9.17, 15) is 0 Å². The van der Waals surface area contributed by atoms with Crippen LogP contribution in [0.15, 0.2) is 219 Å². The molecule has 0 aliphatic heterocycles. The van der Waals surface area contributed by atoms with Crippen molar-refractivity contribution in [2.24, 2.45) is 0 Å². The first kappa shape index (κ1) is 34.0. The molecule has 4 heteroatoms. The van der Waals surface area contributed by atoms with Crippen LogP contribution in [0.5, 0.6) is 0 Å². The lowest BCUT2D eigenvalue weighted by molar-refractivity contribution is 1.18. The second kappa shape index (κ2) is 13.8. The molecule has 0 spiro atoms. The average molecular weight is 765 g/mol. The van der Waals surface area contributed by atoms with Gasteiger partial charge in [-0.15, -0.1) is 0 Å². The maximum absolute atomic E-state index is 5.38. The summed E-state index contributed by atoms with van der Waals surface area (Å²) in [4.78, 5) is 12.8. The van der Waals surface area contributed by atoms with Gasteiger partial charge in [-0.05, 0) is 87.9 Å². The van der Waals surface area contributed by atoms with Crippen LogP contribution in [-0.4, -0.2) is 14.5 Å². The summed E-state index contributed by atoms with van der Waals surface area (Å²) in [5.74, 6) is 0. The van der Waals surface area contributed by atoms with Crippen LogP contribution in [-0.2, 0) is 0 Å². The minimum absolute atomic E-state index is 0.852. The molecule has 2 aromatic heterocycles. The van der Waals surface area contributed by atoms with Crippen molar-refractivity contribution in [3.63, 3.8) is 0 Å². The van der Waals surface area contributed by atoms with E-state index in [2.05, 4.69) is 222 Å². The third-order valence-electron chi connectivity index (χ3n) is 12.0. The predicted molar refractivity (Wildman–Crippen MR) is 252 cm³/mol. The first-order valence-corrected chi connectivity index (χ1v) is 20.4. The molecule has 280 valence electrons. The first-order valence-electron chi connectivity index (χ1n) is 20.4. The highest BCUT2D eigenvalue weighted by atomic mass is 15.1. The lowest BCUT2D eigenvalue weighted by atomic mass is 9.97. The van der Waals surface area contributed by atoms with Gasteiger partial charge in [0.1, 0.15) is 0 Å². The van der Waals surface area contributed by atoms with Crippen LogP contribution in [0.3, 0.4) is 0 Å². The van der Waals surface area contributed by atoms with Gasteiger partial charge in [-0.3, -0.25) is 4.98 Å². The first-order chi connectivity index (χ1) is 29.8. The second-order valence-electron chi connectivity index (χ2n) is 15.4. The van der Waals surface area contributed by atoms with Crippen LogP contribution in [0, 0.1) is 0 Å². The van der Waals surface area contributed by atoms with Crippen LogP contribution >= 0.6 is 0 Å². The van der Waals surface area contributed by atoms with Crippen molar-refractivity contribution in [2.75, 3.05) is 4.90 Å². The van der Waals surface area contributed by atoms with Gasteiger partial charge >= 0.3 is 0 Å². The maximum atomic E-state index is 5.38. The van der Waals surface area contributed by atoms with E-state index in [1.807, 2.05) is 6.20 Å². The number of benzene rings is 10. The Morgan fingerprint density at radius 2 is 0.917 bits per heavy atom. The molecule has 0 radical (unpaired) electrons. The van der Waals surface area contributed by atoms with Gasteiger partial charge in [0.05, 0.1) is 39.6 Å². The van der Waals surface area contributed by atoms with Crippen molar-refractivity contribution in [2.45, 2.75) is 0 Å². The van der Waals surface area contributed by atoms with Gasteiger partial charge < -0.3 is 9.47 Å². The Balaban J connectivity index is 0.972. The fourth-order valence-electron chi connectivity index (χ4n) is 9.27. The summed E-state index contributed by atoms with van der Waals surface area (Å²) in [6, 6.07) is 75.9. The van der Waals surface area contributed by atoms with E-state index in [1.54, 1.807) is 0 Å². The van der Waals surface area contributed by atoms with Crippen molar-refractivity contribution in [3.8, 4) is 28.1 Å². The number of para-hydroxylation sites is 3. The van der Waals surface area contributed by atoms with Gasteiger partial charge in [0, 0.05) is 49.6 Å². The van der Waals surface area contributed by atoms with Gasteiger partial charge in [0.2, 0.25) is 0 Å². The molecule has 60 heavy (non-hydrogen) atoms. The molecule has 12 rings (SSSR count). The largest absolute Gasteiger partial charge is 0.310 e. The minimum atomic E-state index is 0.852. The molecular formula is C56H36N4. The quantitative estimate of drug-likeness (QED) is 0.158. The third-order valence-corrected chi connectivity index (χ3v) is 12.0. The molecule has 0 saturated heterocycles. The van der Waals surface area contributed by atoms with Crippen molar-refractivity contribution < 1.29 is 0 Å². The summed E-state index contributed by atoms with van der Waals surface area (Å²) in [7, 11) is 0. The molecule has 0 fully saturated rings. The zero-order valence-corrected chi connectivity index (χ0v) is 32.6. The van der Waals surface area contributed by atoms with Gasteiger partial charge in [-0.25, -0.2) is 4.98 Å². The number of hydrogen-bond acceptors (Lipinski definition) is 3. The van der Waals surface area contributed by atoms with Crippen LogP contribution in [0.4, 0.5) is 17.1 Å². The fraction of sp³-hybridized carbons (Fsp3) is 0. The van der Waals surface area contributed by atoms with E-state index in [0.717, 1.165) is 66.6 Å². The Bertz CT molecular complexity index is 3560. The molecule has 0 N–H and O–H groups in total. The maximum Gasteiger partial charge on any atom is 0.0979 e. The van der Waals surface area contributed by atoms with Crippen molar-refractivity contribution in [3.05, 3.63) is 219 Å². The number of hydrogen-bond donors (Lipinski definition) is 0. The molecule has 0 bridgehead atoms. The lowest BCUT2D eigenvalue weighted by Gasteiger charge is -2.27. The zero-order chi connectivity index (χ0) is 39.6. The average Bonchev–Trinajstić information content (AvgIpc) is 3.66. The number of aromatic nitrogens is 3. The van der Waals surface area contributed by atoms with E-state index >= 15 is 0 Å². The number of nitrogens with zero attached hydrogens (tertiary/aromatic N) is 4. The Morgan fingerprint density at radius 3 is 1.65 bits per heavy atom.